The van der Waals surface area contributed by atoms with E-state index in [2.05, 4.69) is 43.1 Å². The number of benzene rings is 1. The van der Waals surface area contributed by atoms with Gasteiger partial charge in [-0.2, -0.15) is 0 Å². The molecule has 0 unspecified atom stereocenters. The van der Waals surface area contributed by atoms with Crippen molar-refractivity contribution in [3.05, 3.63) is 40.4 Å². The minimum atomic E-state index is -0.339. The van der Waals surface area contributed by atoms with Crippen LogP contribution in [0, 0.1) is 12.8 Å². The third-order valence-electron chi connectivity index (χ3n) is 3.11. The number of ether oxygens (including phenoxy) is 1. The molecule has 0 atom stereocenters. The lowest BCUT2D eigenvalue weighted by atomic mass is 10.0. The van der Waals surface area contributed by atoms with Gasteiger partial charge in [0.25, 0.3) is 0 Å². The maximum atomic E-state index is 11.8. The summed E-state index contributed by atoms with van der Waals surface area (Å²) in [5.41, 5.74) is 2.81. The van der Waals surface area contributed by atoms with Gasteiger partial charge in [-0.1, -0.05) is 38.1 Å². The monoisotopic (exact) mass is 303 g/mol. The van der Waals surface area contributed by atoms with E-state index in [0.717, 1.165) is 21.9 Å². The lowest BCUT2D eigenvalue weighted by molar-refractivity contribution is 0.0519. The first-order valence-corrected chi connectivity index (χ1v) is 8.06. The second kappa shape index (κ2) is 6.85. The standard InChI is InChI=1S/C17H21NO2S/c1-5-20-17(19)15-12(4)21-16(18-15)14-8-6-13(7-9-14)10-11(2)3/h6-9,11H,5,10H2,1-4H3. The Morgan fingerprint density at radius 3 is 2.52 bits per heavy atom. The maximum Gasteiger partial charge on any atom is 0.358 e. The van der Waals surface area contributed by atoms with Crippen LogP contribution < -0.4 is 0 Å². The smallest absolute Gasteiger partial charge is 0.358 e. The maximum absolute atomic E-state index is 11.8. The van der Waals surface area contributed by atoms with Crippen molar-refractivity contribution >= 4 is 17.3 Å². The van der Waals surface area contributed by atoms with Crippen LogP contribution >= 0.6 is 11.3 Å². The van der Waals surface area contributed by atoms with Gasteiger partial charge in [-0.15, -0.1) is 11.3 Å². The Morgan fingerprint density at radius 2 is 1.95 bits per heavy atom. The van der Waals surface area contributed by atoms with E-state index in [0.29, 0.717) is 18.2 Å². The topological polar surface area (TPSA) is 39.2 Å². The third kappa shape index (κ3) is 3.91. The highest BCUT2D eigenvalue weighted by Gasteiger charge is 2.17. The largest absolute Gasteiger partial charge is 0.461 e. The lowest BCUT2D eigenvalue weighted by Crippen LogP contribution is -2.06. The molecule has 4 heteroatoms. The molecule has 0 spiro atoms. The lowest BCUT2D eigenvalue weighted by Gasteiger charge is -2.05. The molecule has 0 radical (unpaired) electrons. The van der Waals surface area contributed by atoms with E-state index in [-0.39, 0.29) is 5.97 Å². The number of aryl methyl sites for hydroxylation is 1. The Bertz CT molecular complexity index is 614. The molecule has 0 bridgehead atoms. The number of thiazole rings is 1. The molecule has 2 rings (SSSR count). The first-order chi connectivity index (χ1) is 10.0. The number of hydrogen-bond acceptors (Lipinski definition) is 4. The van der Waals surface area contributed by atoms with E-state index in [1.165, 1.54) is 16.9 Å². The molecule has 1 aromatic heterocycles. The number of hydrogen-bond donors (Lipinski definition) is 0. The molecule has 0 amide bonds. The van der Waals surface area contributed by atoms with Crippen LogP contribution in [0.2, 0.25) is 0 Å². The highest BCUT2D eigenvalue weighted by molar-refractivity contribution is 7.15. The van der Waals surface area contributed by atoms with Crippen LogP contribution in [0.25, 0.3) is 10.6 Å². The number of carbonyl (C=O) groups excluding carboxylic acids is 1. The van der Waals surface area contributed by atoms with Crippen molar-refractivity contribution in [3.8, 4) is 10.6 Å². The van der Waals surface area contributed by atoms with Crippen molar-refractivity contribution in [1.82, 2.24) is 4.98 Å². The van der Waals surface area contributed by atoms with Gasteiger partial charge in [0.2, 0.25) is 0 Å². The van der Waals surface area contributed by atoms with E-state index < -0.39 is 0 Å². The van der Waals surface area contributed by atoms with Crippen LogP contribution in [0.1, 0.15) is 41.7 Å². The van der Waals surface area contributed by atoms with Crippen LogP contribution in [-0.4, -0.2) is 17.6 Å². The molecule has 0 aliphatic carbocycles. The van der Waals surface area contributed by atoms with Crippen LogP contribution in [0.5, 0.6) is 0 Å². The number of rotatable bonds is 5. The second-order valence-electron chi connectivity index (χ2n) is 5.44. The van der Waals surface area contributed by atoms with Gasteiger partial charge in [-0.05, 0) is 31.7 Å². The summed E-state index contributed by atoms with van der Waals surface area (Å²) < 4.78 is 5.03. The minimum Gasteiger partial charge on any atom is -0.461 e. The summed E-state index contributed by atoms with van der Waals surface area (Å²) in [6.45, 7) is 8.50. The van der Waals surface area contributed by atoms with Gasteiger partial charge >= 0.3 is 5.97 Å². The zero-order valence-corrected chi connectivity index (χ0v) is 13.8. The Balaban J connectivity index is 2.22. The van der Waals surface area contributed by atoms with Crippen LogP contribution in [0.3, 0.4) is 0 Å². The van der Waals surface area contributed by atoms with Crippen molar-refractivity contribution < 1.29 is 9.53 Å². The zero-order chi connectivity index (χ0) is 15.4. The normalized spacial score (nSPS) is 10.9. The average Bonchev–Trinajstić information content (AvgIpc) is 2.81. The molecule has 0 N–H and O–H groups in total. The van der Waals surface area contributed by atoms with E-state index in [1.54, 1.807) is 6.92 Å². The Kier molecular flexibility index (Phi) is 5.12. The van der Waals surface area contributed by atoms with Crippen LogP contribution in [-0.2, 0) is 11.2 Å². The number of esters is 1. The first-order valence-electron chi connectivity index (χ1n) is 7.25. The van der Waals surface area contributed by atoms with Crippen molar-refractivity contribution in [2.24, 2.45) is 5.92 Å². The summed E-state index contributed by atoms with van der Waals surface area (Å²) in [4.78, 5) is 17.1. The van der Waals surface area contributed by atoms with Crippen LogP contribution in [0.15, 0.2) is 24.3 Å². The van der Waals surface area contributed by atoms with Crippen molar-refractivity contribution in [1.29, 1.82) is 0 Å². The number of nitrogens with zero attached hydrogens (tertiary/aromatic N) is 1. The van der Waals surface area contributed by atoms with Crippen molar-refractivity contribution in [2.75, 3.05) is 6.61 Å². The summed E-state index contributed by atoms with van der Waals surface area (Å²) in [7, 11) is 0. The Hall–Kier alpha value is -1.68. The van der Waals surface area contributed by atoms with Gasteiger partial charge in [0.05, 0.1) is 6.61 Å². The predicted molar refractivity (Wildman–Crippen MR) is 86.8 cm³/mol. The fraction of sp³-hybridized carbons (Fsp3) is 0.412. The van der Waals surface area contributed by atoms with Gasteiger partial charge < -0.3 is 4.74 Å². The van der Waals surface area contributed by atoms with Gasteiger partial charge in [-0.3, -0.25) is 0 Å². The predicted octanol–water partition coefficient (Wildman–Crippen LogP) is 4.49. The SMILES string of the molecule is CCOC(=O)c1nc(-c2ccc(CC(C)C)cc2)sc1C. The molecular weight excluding hydrogens is 282 g/mol. The second-order valence-corrected chi connectivity index (χ2v) is 6.64. The molecule has 0 saturated carbocycles. The minimum absolute atomic E-state index is 0.339. The van der Waals surface area contributed by atoms with E-state index >= 15 is 0 Å². The summed E-state index contributed by atoms with van der Waals surface area (Å²) in [6, 6.07) is 8.42. The molecule has 0 saturated heterocycles. The van der Waals surface area contributed by atoms with E-state index in [4.69, 9.17) is 4.74 Å². The summed E-state index contributed by atoms with van der Waals surface area (Å²) in [6.07, 6.45) is 1.07. The van der Waals surface area contributed by atoms with E-state index in [1.807, 2.05) is 6.92 Å². The Morgan fingerprint density at radius 1 is 1.29 bits per heavy atom. The van der Waals surface area contributed by atoms with Crippen molar-refractivity contribution in [3.63, 3.8) is 0 Å². The van der Waals surface area contributed by atoms with E-state index in [9.17, 15) is 4.79 Å². The quantitative estimate of drug-likeness (QED) is 0.764. The fourth-order valence-corrected chi connectivity index (χ4v) is 3.07. The van der Waals surface area contributed by atoms with Gasteiger partial charge in [0.1, 0.15) is 5.01 Å². The highest BCUT2D eigenvalue weighted by atomic mass is 32.1. The van der Waals surface area contributed by atoms with Crippen molar-refractivity contribution in [2.45, 2.75) is 34.1 Å². The molecule has 3 nitrogen and oxygen atoms in total. The molecular formula is C17H21NO2S. The third-order valence-corrected chi connectivity index (χ3v) is 4.13. The van der Waals surface area contributed by atoms with Crippen LogP contribution in [0.4, 0.5) is 0 Å². The van der Waals surface area contributed by atoms with Gasteiger partial charge in [-0.25, -0.2) is 9.78 Å². The van der Waals surface area contributed by atoms with Gasteiger partial charge in [0, 0.05) is 10.4 Å². The molecule has 21 heavy (non-hydrogen) atoms. The zero-order valence-electron chi connectivity index (χ0n) is 13.0. The summed E-state index contributed by atoms with van der Waals surface area (Å²) in [5, 5.41) is 0.867. The summed E-state index contributed by atoms with van der Waals surface area (Å²) in [5.74, 6) is 0.308. The van der Waals surface area contributed by atoms with Gasteiger partial charge in [0.15, 0.2) is 5.69 Å². The highest BCUT2D eigenvalue weighted by Crippen LogP contribution is 2.28. The number of aromatic nitrogens is 1. The summed E-state index contributed by atoms with van der Waals surface area (Å²) >= 11 is 1.53. The molecule has 0 aliphatic heterocycles. The molecule has 1 aromatic carbocycles. The molecule has 0 fully saturated rings. The molecule has 0 aliphatic rings. The molecule has 2 aromatic rings. The first kappa shape index (κ1) is 15.7. The number of carbonyl (C=O) groups is 1. The Labute approximate surface area is 130 Å². The molecule has 1 heterocycles. The average molecular weight is 303 g/mol. The fourth-order valence-electron chi connectivity index (χ4n) is 2.16. The molecule has 112 valence electrons.